The van der Waals surface area contributed by atoms with Gasteiger partial charge in [-0.1, -0.05) is 24.3 Å². The summed E-state index contributed by atoms with van der Waals surface area (Å²) in [5, 5.41) is 15.8. The number of aliphatic hydroxyl groups excluding tert-OH is 1. The van der Waals surface area contributed by atoms with E-state index in [-0.39, 0.29) is 11.9 Å². The van der Waals surface area contributed by atoms with E-state index in [0.29, 0.717) is 6.42 Å². The van der Waals surface area contributed by atoms with Crippen molar-refractivity contribution in [3.63, 3.8) is 0 Å². The number of benzene rings is 1. The third-order valence-electron chi connectivity index (χ3n) is 3.54. The zero-order chi connectivity index (χ0) is 14.8. The van der Waals surface area contributed by atoms with Gasteiger partial charge in [0.2, 0.25) is 5.91 Å². The third kappa shape index (κ3) is 3.04. The van der Waals surface area contributed by atoms with Gasteiger partial charge in [0.15, 0.2) is 0 Å². The van der Waals surface area contributed by atoms with Crippen LogP contribution in [0.4, 0.5) is 0 Å². The molecule has 108 valence electrons. The highest BCUT2D eigenvalue weighted by molar-refractivity contribution is 7.09. The van der Waals surface area contributed by atoms with Gasteiger partial charge in [0.1, 0.15) is 0 Å². The molecule has 0 aliphatic heterocycles. The van der Waals surface area contributed by atoms with Gasteiger partial charge in [-0.05, 0) is 24.1 Å². The number of carbonyl (C=O) groups excluding carboxylic acids is 1. The summed E-state index contributed by atoms with van der Waals surface area (Å²) < 4.78 is 0. The molecule has 21 heavy (non-hydrogen) atoms. The lowest BCUT2D eigenvalue weighted by Crippen LogP contribution is -2.32. The molecule has 1 amide bonds. The molecule has 5 heteroatoms. The first kappa shape index (κ1) is 14.0. The van der Waals surface area contributed by atoms with E-state index in [0.717, 1.165) is 21.8 Å². The molecule has 4 nitrogen and oxygen atoms in total. The van der Waals surface area contributed by atoms with Crippen molar-refractivity contribution < 1.29 is 9.90 Å². The predicted molar refractivity (Wildman–Crippen MR) is 82.9 cm³/mol. The molecular weight excluding hydrogens is 284 g/mol. The number of amides is 1. The quantitative estimate of drug-likeness (QED) is 0.855. The minimum Gasteiger partial charge on any atom is -0.390 e. The second kappa shape index (κ2) is 5.79. The minimum atomic E-state index is -0.568. The van der Waals surface area contributed by atoms with Crippen LogP contribution in [0.2, 0.25) is 0 Å². The molecular formula is C16H16N2O2S. The van der Waals surface area contributed by atoms with E-state index < -0.39 is 6.10 Å². The van der Waals surface area contributed by atoms with Crippen LogP contribution in [0.25, 0.3) is 6.08 Å². The van der Waals surface area contributed by atoms with E-state index in [1.54, 1.807) is 17.4 Å². The van der Waals surface area contributed by atoms with Crippen molar-refractivity contribution in [2.45, 2.75) is 25.5 Å². The smallest absolute Gasteiger partial charge is 0.244 e. The number of nitrogens with one attached hydrogen (secondary N) is 1. The summed E-state index contributed by atoms with van der Waals surface area (Å²) in [6.45, 7) is 1.92. The monoisotopic (exact) mass is 300 g/mol. The molecule has 0 bridgehead atoms. The van der Waals surface area contributed by atoms with Crippen LogP contribution < -0.4 is 5.32 Å². The fourth-order valence-electron chi connectivity index (χ4n) is 2.57. The van der Waals surface area contributed by atoms with Gasteiger partial charge in [0, 0.05) is 17.9 Å². The molecule has 1 aliphatic rings. The molecule has 0 saturated carbocycles. The number of fused-ring (bicyclic) bond motifs is 1. The van der Waals surface area contributed by atoms with Crippen LogP contribution in [-0.4, -0.2) is 22.1 Å². The number of aliphatic hydroxyl groups is 1. The summed E-state index contributed by atoms with van der Waals surface area (Å²) >= 11 is 1.55. The first-order valence-corrected chi connectivity index (χ1v) is 7.68. The number of aromatic nitrogens is 1. The standard InChI is InChI=1S/C16H16N2O2S/c1-10-17-12(9-21-10)6-7-15(20)18-16-13-5-3-2-4-11(13)8-14(16)19/h2-7,9,14,16,19H,8H2,1H3,(H,18,20)/b7-6+. The number of carbonyl (C=O) groups is 1. The second-order valence-electron chi connectivity index (χ2n) is 5.08. The van der Waals surface area contributed by atoms with Crippen LogP contribution in [0, 0.1) is 6.92 Å². The zero-order valence-corrected chi connectivity index (χ0v) is 12.4. The maximum absolute atomic E-state index is 12.0. The normalized spacial score (nSPS) is 20.7. The highest BCUT2D eigenvalue weighted by Gasteiger charge is 2.31. The van der Waals surface area contributed by atoms with E-state index in [1.165, 1.54) is 6.08 Å². The summed E-state index contributed by atoms with van der Waals surface area (Å²) in [6.07, 6.45) is 3.16. The van der Waals surface area contributed by atoms with E-state index >= 15 is 0 Å². The van der Waals surface area contributed by atoms with Crippen molar-refractivity contribution in [1.29, 1.82) is 0 Å². The van der Waals surface area contributed by atoms with Crippen LogP contribution in [0.15, 0.2) is 35.7 Å². The molecule has 0 saturated heterocycles. The van der Waals surface area contributed by atoms with E-state index in [4.69, 9.17) is 0 Å². The van der Waals surface area contributed by atoms with Crippen LogP contribution in [0.1, 0.15) is 27.9 Å². The van der Waals surface area contributed by atoms with Crippen LogP contribution in [0.3, 0.4) is 0 Å². The van der Waals surface area contributed by atoms with Crippen LogP contribution >= 0.6 is 11.3 Å². The molecule has 0 spiro atoms. The molecule has 2 unspecified atom stereocenters. The SMILES string of the molecule is Cc1nc(/C=C/C(=O)NC2c3ccccc3CC2O)cs1. The topological polar surface area (TPSA) is 62.2 Å². The Morgan fingerprint density at radius 1 is 1.48 bits per heavy atom. The second-order valence-corrected chi connectivity index (χ2v) is 6.14. The highest BCUT2D eigenvalue weighted by Crippen LogP contribution is 2.31. The molecule has 2 aromatic rings. The Bertz CT molecular complexity index is 693. The van der Waals surface area contributed by atoms with E-state index in [1.807, 2.05) is 36.6 Å². The molecule has 1 heterocycles. The number of aryl methyl sites for hydroxylation is 1. The molecule has 1 aliphatic carbocycles. The summed E-state index contributed by atoms with van der Waals surface area (Å²) in [6, 6.07) is 7.46. The Kier molecular flexibility index (Phi) is 3.86. The summed E-state index contributed by atoms with van der Waals surface area (Å²) in [5.74, 6) is -0.221. The molecule has 2 N–H and O–H groups in total. The average Bonchev–Trinajstić information content (AvgIpc) is 3.01. The lowest BCUT2D eigenvalue weighted by molar-refractivity contribution is -0.117. The van der Waals surface area contributed by atoms with Crippen molar-refractivity contribution in [2.24, 2.45) is 0 Å². The number of thiazole rings is 1. The number of hydrogen-bond acceptors (Lipinski definition) is 4. The maximum atomic E-state index is 12.0. The summed E-state index contributed by atoms with van der Waals surface area (Å²) in [4.78, 5) is 16.3. The third-order valence-corrected chi connectivity index (χ3v) is 4.34. The van der Waals surface area contributed by atoms with Crippen molar-refractivity contribution >= 4 is 23.3 Å². The fourth-order valence-corrected chi connectivity index (χ4v) is 3.15. The molecule has 1 aromatic carbocycles. The Labute approximate surface area is 127 Å². The van der Waals surface area contributed by atoms with E-state index in [2.05, 4.69) is 10.3 Å². The van der Waals surface area contributed by atoms with Gasteiger partial charge in [-0.2, -0.15) is 0 Å². The van der Waals surface area contributed by atoms with Gasteiger partial charge in [0.25, 0.3) is 0 Å². The van der Waals surface area contributed by atoms with Gasteiger partial charge in [-0.15, -0.1) is 11.3 Å². The number of nitrogens with zero attached hydrogens (tertiary/aromatic N) is 1. The predicted octanol–water partition coefficient (Wildman–Crippen LogP) is 2.24. The summed E-state index contributed by atoms with van der Waals surface area (Å²) in [7, 11) is 0. The Morgan fingerprint density at radius 2 is 2.29 bits per heavy atom. The number of hydrogen-bond donors (Lipinski definition) is 2. The van der Waals surface area contributed by atoms with Crippen LogP contribution in [0.5, 0.6) is 0 Å². The van der Waals surface area contributed by atoms with Gasteiger partial charge >= 0.3 is 0 Å². The van der Waals surface area contributed by atoms with Gasteiger partial charge in [-0.3, -0.25) is 4.79 Å². The average molecular weight is 300 g/mol. The molecule has 0 radical (unpaired) electrons. The first-order valence-electron chi connectivity index (χ1n) is 6.80. The highest BCUT2D eigenvalue weighted by atomic mass is 32.1. The molecule has 0 fully saturated rings. The fraction of sp³-hybridized carbons (Fsp3) is 0.250. The number of rotatable bonds is 3. The lowest BCUT2D eigenvalue weighted by atomic mass is 10.1. The van der Waals surface area contributed by atoms with Crippen molar-refractivity contribution in [3.05, 3.63) is 57.6 Å². The van der Waals surface area contributed by atoms with Crippen molar-refractivity contribution in [3.8, 4) is 0 Å². The first-order chi connectivity index (χ1) is 10.1. The lowest BCUT2D eigenvalue weighted by Gasteiger charge is -2.16. The zero-order valence-electron chi connectivity index (χ0n) is 11.6. The Hall–Kier alpha value is -1.98. The van der Waals surface area contributed by atoms with Crippen LogP contribution in [-0.2, 0) is 11.2 Å². The molecule has 1 aromatic heterocycles. The van der Waals surface area contributed by atoms with Crippen molar-refractivity contribution in [1.82, 2.24) is 10.3 Å². The summed E-state index contributed by atoms with van der Waals surface area (Å²) in [5.41, 5.74) is 2.87. The van der Waals surface area contributed by atoms with E-state index in [9.17, 15) is 9.90 Å². The van der Waals surface area contributed by atoms with Crippen molar-refractivity contribution in [2.75, 3.05) is 0 Å². The largest absolute Gasteiger partial charge is 0.390 e. The van der Waals surface area contributed by atoms with Gasteiger partial charge < -0.3 is 10.4 Å². The minimum absolute atomic E-state index is 0.221. The van der Waals surface area contributed by atoms with Gasteiger partial charge in [0.05, 0.1) is 22.8 Å². The van der Waals surface area contributed by atoms with Gasteiger partial charge in [-0.25, -0.2) is 4.98 Å². The Morgan fingerprint density at radius 3 is 3.05 bits per heavy atom. The Balaban J connectivity index is 1.69. The maximum Gasteiger partial charge on any atom is 0.244 e. The molecule has 2 atom stereocenters. The molecule has 3 rings (SSSR count).